The van der Waals surface area contributed by atoms with E-state index in [4.69, 9.17) is 10.00 Å². The Hall–Kier alpha value is -2.82. The van der Waals surface area contributed by atoms with Crippen molar-refractivity contribution in [2.24, 2.45) is 0 Å². The lowest BCUT2D eigenvalue weighted by Gasteiger charge is -2.15. The number of nitriles is 1. The molecule has 1 N–H and O–H groups in total. The number of methoxy groups -OCH3 is 1. The third-order valence-electron chi connectivity index (χ3n) is 3.15. The van der Waals surface area contributed by atoms with Crippen molar-refractivity contribution in [2.45, 2.75) is 13.1 Å². The summed E-state index contributed by atoms with van der Waals surface area (Å²) in [5, 5.41) is 9.08. The van der Waals surface area contributed by atoms with Gasteiger partial charge in [0.1, 0.15) is 23.2 Å². The standard InChI is InChI=1S/C15H10F4N2O2/c1-7-3-9(10(6-20)14(22)21-7)13-11(16)4-8(15(17,18)19)5-12(13)23-2/h3-5H,1-2H3,(H,21,22). The van der Waals surface area contributed by atoms with Crippen LogP contribution in [-0.2, 0) is 6.18 Å². The highest BCUT2D eigenvalue weighted by Crippen LogP contribution is 2.39. The third-order valence-corrected chi connectivity index (χ3v) is 3.15. The molecule has 1 heterocycles. The quantitative estimate of drug-likeness (QED) is 0.860. The highest BCUT2D eigenvalue weighted by atomic mass is 19.4. The molecule has 0 spiro atoms. The smallest absolute Gasteiger partial charge is 0.416 e. The van der Waals surface area contributed by atoms with E-state index < -0.39 is 34.4 Å². The van der Waals surface area contributed by atoms with E-state index in [9.17, 15) is 22.4 Å². The minimum Gasteiger partial charge on any atom is -0.496 e. The number of halogens is 4. The lowest BCUT2D eigenvalue weighted by atomic mass is 9.97. The molecule has 4 nitrogen and oxygen atoms in total. The molecule has 0 aliphatic heterocycles. The van der Waals surface area contributed by atoms with Crippen LogP contribution in [0.5, 0.6) is 5.75 Å². The number of benzene rings is 1. The zero-order valence-corrected chi connectivity index (χ0v) is 12.0. The molecule has 1 aromatic heterocycles. The van der Waals surface area contributed by atoms with Gasteiger partial charge in [-0.3, -0.25) is 4.79 Å². The van der Waals surface area contributed by atoms with Crippen molar-refractivity contribution in [3.05, 3.63) is 51.2 Å². The maximum Gasteiger partial charge on any atom is 0.416 e. The Morgan fingerprint density at radius 2 is 1.91 bits per heavy atom. The van der Waals surface area contributed by atoms with Gasteiger partial charge in [0.15, 0.2) is 0 Å². The molecular weight excluding hydrogens is 316 g/mol. The molecule has 0 bridgehead atoms. The highest BCUT2D eigenvalue weighted by molar-refractivity contribution is 5.76. The lowest BCUT2D eigenvalue weighted by molar-refractivity contribution is -0.137. The fourth-order valence-electron chi connectivity index (χ4n) is 2.16. The van der Waals surface area contributed by atoms with Crippen LogP contribution in [0.2, 0.25) is 0 Å². The minimum atomic E-state index is -4.76. The number of hydrogen-bond donors (Lipinski definition) is 1. The number of alkyl halides is 3. The second-order valence-electron chi connectivity index (χ2n) is 4.72. The average molecular weight is 326 g/mol. The van der Waals surface area contributed by atoms with Gasteiger partial charge in [-0.2, -0.15) is 18.4 Å². The number of nitrogens with zero attached hydrogens (tertiary/aromatic N) is 1. The summed E-state index contributed by atoms with van der Waals surface area (Å²) in [4.78, 5) is 14.2. The summed E-state index contributed by atoms with van der Waals surface area (Å²) in [7, 11) is 1.07. The maximum absolute atomic E-state index is 14.3. The Morgan fingerprint density at radius 3 is 2.43 bits per heavy atom. The largest absolute Gasteiger partial charge is 0.496 e. The molecule has 0 radical (unpaired) electrons. The van der Waals surface area contributed by atoms with E-state index in [1.165, 1.54) is 13.0 Å². The zero-order chi connectivity index (χ0) is 17.4. The first-order valence-corrected chi connectivity index (χ1v) is 6.28. The topological polar surface area (TPSA) is 65.9 Å². The summed E-state index contributed by atoms with van der Waals surface area (Å²) in [6.45, 7) is 1.50. The van der Waals surface area contributed by atoms with Gasteiger partial charge in [0.25, 0.3) is 5.56 Å². The van der Waals surface area contributed by atoms with E-state index in [0.29, 0.717) is 17.8 Å². The summed E-state index contributed by atoms with van der Waals surface area (Å²) in [6, 6.07) is 3.85. The van der Waals surface area contributed by atoms with Gasteiger partial charge in [-0.05, 0) is 25.1 Å². The summed E-state index contributed by atoms with van der Waals surface area (Å²) < 4.78 is 57.4. The molecule has 0 saturated heterocycles. The monoisotopic (exact) mass is 326 g/mol. The van der Waals surface area contributed by atoms with Crippen LogP contribution in [0.3, 0.4) is 0 Å². The highest BCUT2D eigenvalue weighted by Gasteiger charge is 2.33. The first-order chi connectivity index (χ1) is 10.7. The molecule has 0 fully saturated rings. The van der Waals surface area contributed by atoms with E-state index in [-0.39, 0.29) is 11.1 Å². The number of ether oxygens (including phenoxy) is 1. The Labute approximate surface area is 127 Å². The van der Waals surface area contributed by atoms with Crippen LogP contribution in [0.15, 0.2) is 23.0 Å². The molecule has 0 unspecified atom stereocenters. The summed E-state index contributed by atoms with van der Waals surface area (Å²) >= 11 is 0. The van der Waals surface area contributed by atoms with Crippen LogP contribution < -0.4 is 10.3 Å². The van der Waals surface area contributed by atoms with Crippen molar-refractivity contribution < 1.29 is 22.3 Å². The second kappa shape index (κ2) is 5.76. The van der Waals surface area contributed by atoms with Crippen molar-refractivity contribution in [1.29, 1.82) is 5.26 Å². The molecule has 0 aliphatic rings. The van der Waals surface area contributed by atoms with E-state index in [2.05, 4.69) is 4.98 Å². The molecule has 1 aromatic carbocycles. The van der Waals surface area contributed by atoms with Gasteiger partial charge in [0.2, 0.25) is 0 Å². The van der Waals surface area contributed by atoms with Crippen LogP contribution in [-0.4, -0.2) is 12.1 Å². The maximum atomic E-state index is 14.3. The van der Waals surface area contributed by atoms with Gasteiger partial charge in [-0.25, -0.2) is 4.39 Å². The number of H-pyrrole nitrogens is 1. The van der Waals surface area contributed by atoms with E-state index in [1.54, 1.807) is 6.07 Å². The van der Waals surface area contributed by atoms with Gasteiger partial charge in [-0.1, -0.05) is 0 Å². The number of rotatable bonds is 2. The number of aromatic amines is 1. The van der Waals surface area contributed by atoms with Crippen molar-refractivity contribution in [2.75, 3.05) is 7.11 Å². The summed E-state index contributed by atoms with van der Waals surface area (Å²) in [5.41, 5.74) is -2.57. The number of aryl methyl sites for hydroxylation is 1. The van der Waals surface area contributed by atoms with Crippen LogP contribution in [0, 0.1) is 24.1 Å². The van der Waals surface area contributed by atoms with E-state index in [0.717, 1.165) is 7.11 Å². The minimum absolute atomic E-state index is 0.128. The van der Waals surface area contributed by atoms with Gasteiger partial charge in [0.05, 0.1) is 18.2 Å². The Morgan fingerprint density at radius 1 is 1.26 bits per heavy atom. The molecule has 2 aromatic rings. The number of hydrogen-bond acceptors (Lipinski definition) is 3. The average Bonchev–Trinajstić information content (AvgIpc) is 2.44. The van der Waals surface area contributed by atoms with Crippen LogP contribution >= 0.6 is 0 Å². The van der Waals surface area contributed by atoms with Gasteiger partial charge < -0.3 is 9.72 Å². The SMILES string of the molecule is COc1cc(C(F)(F)F)cc(F)c1-c1cc(C)[nH]c(=O)c1C#N. The number of nitrogens with one attached hydrogen (secondary N) is 1. The first kappa shape index (κ1) is 16.5. The van der Waals surface area contributed by atoms with Gasteiger partial charge in [0, 0.05) is 11.3 Å². The van der Waals surface area contributed by atoms with Gasteiger partial charge in [-0.15, -0.1) is 0 Å². The Bertz CT molecular complexity index is 863. The molecule has 8 heteroatoms. The number of aromatic nitrogens is 1. The molecule has 0 atom stereocenters. The predicted octanol–water partition coefficient (Wildman–Crippen LogP) is 3.39. The summed E-state index contributed by atoms with van der Waals surface area (Å²) in [5.74, 6) is -1.66. The normalized spacial score (nSPS) is 11.2. The molecule has 0 aliphatic carbocycles. The molecule has 23 heavy (non-hydrogen) atoms. The molecule has 120 valence electrons. The van der Waals surface area contributed by atoms with Crippen molar-refractivity contribution in [1.82, 2.24) is 4.98 Å². The second-order valence-corrected chi connectivity index (χ2v) is 4.72. The fourth-order valence-corrected chi connectivity index (χ4v) is 2.16. The van der Waals surface area contributed by atoms with Crippen LogP contribution in [0.1, 0.15) is 16.8 Å². The summed E-state index contributed by atoms with van der Waals surface area (Å²) in [6.07, 6.45) is -4.76. The van der Waals surface area contributed by atoms with E-state index >= 15 is 0 Å². The fraction of sp³-hybridized carbons (Fsp3) is 0.200. The molecule has 2 rings (SSSR count). The number of pyridine rings is 1. The van der Waals surface area contributed by atoms with Crippen LogP contribution in [0.4, 0.5) is 17.6 Å². The Balaban J connectivity index is 2.85. The van der Waals surface area contributed by atoms with Gasteiger partial charge >= 0.3 is 6.18 Å². The van der Waals surface area contributed by atoms with Crippen molar-refractivity contribution in [3.8, 4) is 22.9 Å². The molecule has 0 saturated carbocycles. The van der Waals surface area contributed by atoms with Crippen molar-refractivity contribution in [3.63, 3.8) is 0 Å². The third kappa shape index (κ3) is 3.04. The molecule has 0 amide bonds. The lowest BCUT2D eigenvalue weighted by Crippen LogP contribution is -2.14. The molecular formula is C15H10F4N2O2. The zero-order valence-electron chi connectivity index (χ0n) is 12.0. The van der Waals surface area contributed by atoms with E-state index in [1.807, 2.05) is 0 Å². The van der Waals surface area contributed by atoms with Crippen molar-refractivity contribution >= 4 is 0 Å². The van der Waals surface area contributed by atoms with Crippen LogP contribution in [0.25, 0.3) is 11.1 Å². The predicted molar refractivity (Wildman–Crippen MR) is 73.5 cm³/mol. The Kier molecular flexibility index (Phi) is 4.14. The first-order valence-electron chi connectivity index (χ1n) is 6.28.